The minimum Gasteiger partial charge on any atom is -0.348 e. The van der Waals surface area contributed by atoms with E-state index in [1.165, 1.54) is 4.70 Å². The van der Waals surface area contributed by atoms with E-state index in [0.29, 0.717) is 5.92 Å². The highest BCUT2D eigenvalue weighted by Crippen LogP contribution is 2.33. The molecule has 1 fully saturated rings. The van der Waals surface area contributed by atoms with Gasteiger partial charge in [0.2, 0.25) is 0 Å². The molecule has 1 aliphatic heterocycles. The molecule has 7 nitrogen and oxygen atoms in total. The number of piperidine rings is 1. The van der Waals surface area contributed by atoms with E-state index in [-0.39, 0.29) is 5.41 Å². The second-order valence-corrected chi connectivity index (χ2v) is 9.41. The van der Waals surface area contributed by atoms with Crippen LogP contribution in [-0.4, -0.2) is 42.9 Å². The molecular weight excluding hydrogens is 370 g/mol. The molecule has 5 rings (SSSR count). The Morgan fingerprint density at radius 2 is 1.89 bits per heavy atom. The van der Waals surface area contributed by atoms with Gasteiger partial charge in [-0.05, 0) is 31.0 Å². The molecule has 0 N–H and O–H groups in total. The van der Waals surface area contributed by atoms with Crippen molar-refractivity contribution in [3.63, 3.8) is 0 Å². The summed E-state index contributed by atoms with van der Waals surface area (Å²) < 4.78 is 3.14. The van der Waals surface area contributed by atoms with E-state index in [2.05, 4.69) is 46.9 Å². The highest BCUT2D eigenvalue weighted by atomic mass is 32.1. The Hall–Kier alpha value is -2.61. The average Bonchev–Trinajstić information content (AvgIpc) is 3.31. The number of thiazole rings is 1. The van der Waals surface area contributed by atoms with Crippen molar-refractivity contribution in [2.24, 2.45) is 0 Å². The fraction of sp³-hybridized carbons (Fsp3) is 0.450. The summed E-state index contributed by atoms with van der Waals surface area (Å²) in [5, 5.41) is 14.8. The molecule has 5 heterocycles. The third kappa shape index (κ3) is 3.01. The molecule has 4 aromatic rings. The number of nitrogens with zero attached hydrogens (tertiary/aromatic N) is 7. The van der Waals surface area contributed by atoms with Crippen LogP contribution in [0.25, 0.3) is 15.9 Å². The van der Waals surface area contributed by atoms with Crippen molar-refractivity contribution in [1.29, 1.82) is 0 Å². The van der Waals surface area contributed by atoms with Crippen LogP contribution in [0.15, 0.2) is 30.6 Å². The van der Waals surface area contributed by atoms with Gasteiger partial charge in [-0.1, -0.05) is 32.1 Å². The van der Waals surface area contributed by atoms with Crippen molar-refractivity contribution in [3.05, 3.63) is 42.1 Å². The minimum absolute atomic E-state index is 0.000791. The van der Waals surface area contributed by atoms with E-state index in [1.54, 1.807) is 11.3 Å². The summed E-state index contributed by atoms with van der Waals surface area (Å²) in [4.78, 5) is 11.3. The van der Waals surface area contributed by atoms with E-state index in [9.17, 15) is 0 Å². The van der Waals surface area contributed by atoms with Crippen molar-refractivity contribution in [2.75, 3.05) is 18.0 Å². The molecule has 0 radical (unpaired) electrons. The number of rotatable bonds is 2. The van der Waals surface area contributed by atoms with E-state index < -0.39 is 0 Å². The third-order valence-electron chi connectivity index (χ3n) is 5.36. The van der Waals surface area contributed by atoms with Crippen LogP contribution < -0.4 is 4.90 Å². The van der Waals surface area contributed by atoms with Crippen LogP contribution in [-0.2, 0) is 5.41 Å². The minimum atomic E-state index is 0.000791. The number of pyridine rings is 1. The summed E-state index contributed by atoms with van der Waals surface area (Å²) in [5.41, 5.74) is 2.86. The van der Waals surface area contributed by atoms with Crippen LogP contribution >= 0.6 is 11.3 Å². The van der Waals surface area contributed by atoms with Gasteiger partial charge in [0.15, 0.2) is 16.6 Å². The predicted molar refractivity (Wildman–Crippen MR) is 111 cm³/mol. The van der Waals surface area contributed by atoms with Crippen molar-refractivity contribution in [3.8, 4) is 0 Å². The predicted octanol–water partition coefficient (Wildman–Crippen LogP) is 3.81. The van der Waals surface area contributed by atoms with Gasteiger partial charge in [-0.3, -0.25) is 4.98 Å². The molecule has 0 amide bonds. The molecule has 28 heavy (non-hydrogen) atoms. The Balaban J connectivity index is 1.38. The molecule has 0 spiro atoms. The zero-order valence-corrected chi connectivity index (χ0v) is 17.1. The fourth-order valence-corrected chi connectivity index (χ4v) is 4.68. The zero-order valence-electron chi connectivity index (χ0n) is 16.3. The lowest BCUT2D eigenvalue weighted by atomic mass is 9.92. The quantitative estimate of drug-likeness (QED) is 0.516. The first-order valence-corrected chi connectivity index (χ1v) is 10.5. The van der Waals surface area contributed by atoms with E-state index >= 15 is 0 Å². The summed E-state index contributed by atoms with van der Waals surface area (Å²) in [6.45, 7) is 8.46. The highest BCUT2D eigenvalue weighted by Gasteiger charge is 2.27. The van der Waals surface area contributed by atoms with Gasteiger partial charge in [0.25, 0.3) is 0 Å². The van der Waals surface area contributed by atoms with Crippen LogP contribution in [0.3, 0.4) is 0 Å². The molecular formula is C20H23N7S. The SMILES string of the molecule is CC(C)(C)c1ccc2nnc(C3CCN(c4nc5cnccc5s4)CC3)n2n1. The molecule has 144 valence electrons. The first kappa shape index (κ1) is 17.5. The molecule has 0 saturated carbocycles. The zero-order chi connectivity index (χ0) is 19.3. The van der Waals surface area contributed by atoms with Gasteiger partial charge in [0.1, 0.15) is 5.52 Å². The summed E-state index contributed by atoms with van der Waals surface area (Å²) >= 11 is 1.74. The van der Waals surface area contributed by atoms with E-state index in [0.717, 1.165) is 53.7 Å². The Morgan fingerprint density at radius 1 is 1.07 bits per heavy atom. The molecule has 0 aromatic carbocycles. The van der Waals surface area contributed by atoms with Crippen LogP contribution in [0.4, 0.5) is 5.13 Å². The Bertz CT molecular complexity index is 1100. The first-order chi connectivity index (χ1) is 13.5. The largest absolute Gasteiger partial charge is 0.348 e. The van der Waals surface area contributed by atoms with Crippen LogP contribution in [0.1, 0.15) is 51.0 Å². The van der Waals surface area contributed by atoms with E-state index in [4.69, 9.17) is 10.1 Å². The lowest BCUT2D eigenvalue weighted by Gasteiger charge is -2.30. The van der Waals surface area contributed by atoms with Gasteiger partial charge in [0.05, 0.1) is 16.6 Å². The van der Waals surface area contributed by atoms with Gasteiger partial charge >= 0.3 is 0 Å². The third-order valence-corrected chi connectivity index (χ3v) is 6.46. The second-order valence-electron chi connectivity index (χ2n) is 8.40. The molecule has 0 aliphatic carbocycles. The molecule has 1 aliphatic rings. The fourth-order valence-electron chi connectivity index (χ4n) is 3.69. The van der Waals surface area contributed by atoms with Crippen LogP contribution in [0, 0.1) is 0 Å². The van der Waals surface area contributed by atoms with Gasteiger partial charge in [0, 0.05) is 30.6 Å². The number of fused-ring (bicyclic) bond motifs is 2. The normalized spacial score (nSPS) is 16.3. The molecule has 0 bridgehead atoms. The Kier molecular flexibility index (Phi) is 4.04. The smallest absolute Gasteiger partial charge is 0.186 e. The molecule has 0 atom stereocenters. The summed E-state index contributed by atoms with van der Waals surface area (Å²) in [5.74, 6) is 1.35. The summed E-state index contributed by atoms with van der Waals surface area (Å²) in [6.07, 6.45) is 5.71. The Morgan fingerprint density at radius 3 is 2.64 bits per heavy atom. The van der Waals surface area contributed by atoms with Gasteiger partial charge in [-0.25, -0.2) is 4.98 Å². The molecule has 0 unspecified atom stereocenters. The maximum Gasteiger partial charge on any atom is 0.186 e. The lowest BCUT2D eigenvalue weighted by Crippen LogP contribution is -2.33. The van der Waals surface area contributed by atoms with Gasteiger partial charge in [-0.15, -0.1) is 10.2 Å². The van der Waals surface area contributed by atoms with Crippen LogP contribution in [0.2, 0.25) is 0 Å². The average molecular weight is 394 g/mol. The standard InChI is InChI=1S/C20H23N7S/c1-20(2,3)16-4-5-17-23-24-18(27(17)25-16)13-7-10-26(11-8-13)19-22-14-12-21-9-6-15(14)28-19/h4-6,9,12-13H,7-8,10-11H2,1-3H3. The Labute approximate surface area is 167 Å². The second kappa shape index (κ2) is 6.48. The van der Waals surface area contributed by atoms with Gasteiger partial charge < -0.3 is 4.90 Å². The van der Waals surface area contributed by atoms with Crippen molar-refractivity contribution in [2.45, 2.75) is 44.9 Å². The van der Waals surface area contributed by atoms with Gasteiger partial charge in [-0.2, -0.15) is 9.61 Å². The topological polar surface area (TPSA) is 72.1 Å². The maximum atomic E-state index is 4.85. The molecule has 4 aromatic heterocycles. The summed E-state index contributed by atoms with van der Waals surface area (Å²) in [7, 11) is 0. The first-order valence-electron chi connectivity index (χ1n) is 9.67. The molecule has 1 saturated heterocycles. The van der Waals surface area contributed by atoms with Crippen LogP contribution in [0.5, 0.6) is 0 Å². The van der Waals surface area contributed by atoms with Crippen molar-refractivity contribution >= 4 is 32.3 Å². The van der Waals surface area contributed by atoms with Crippen molar-refractivity contribution < 1.29 is 0 Å². The number of hydrogen-bond acceptors (Lipinski definition) is 7. The lowest BCUT2D eigenvalue weighted by molar-refractivity contribution is 0.472. The van der Waals surface area contributed by atoms with Crippen molar-refractivity contribution in [1.82, 2.24) is 29.8 Å². The summed E-state index contributed by atoms with van der Waals surface area (Å²) in [6, 6.07) is 6.11. The molecule has 8 heteroatoms. The highest BCUT2D eigenvalue weighted by molar-refractivity contribution is 7.22. The monoisotopic (exact) mass is 393 g/mol. The number of hydrogen-bond donors (Lipinski definition) is 0. The van der Waals surface area contributed by atoms with E-state index in [1.807, 2.05) is 29.0 Å². The maximum absolute atomic E-state index is 4.85. The number of aromatic nitrogens is 6. The number of anilines is 1.